The van der Waals surface area contributed by atoms with Crippen molar-refractivity contribution in [2.24, 2.45) is 0 Å². The summed E-state index contributed by atoms with van der Waals surface area (Å²) in [5.41, 5.74) is 0.335. The first-order valence-electron chi connectivity index (χ1n) is 10.7. The first-order chi connectivity index (χ1) is 14.7. The number of carbonyl (C=O) groups excluding carboxylic acids is 1. The minimum Gasteiger partial charge on any atom is -0.506 e. The number of aliphatic hydroxyl groups excluding tert-OH is 1. The molecule has 2 aromatic rings. The quantitative estimate of drug-likeness (QED) is 0.275. The molecule has 0 fully saturated rings. The molecule has 0 aliphatic heterocycles. The second kappa shape index (κ2) is 11.9. The third-order valence-electron chi connectivity index (χ3n) is 5.10. The number of phenols is 1. The van der Waals surface area contributed by atoms with Crippen LogP contribution in [0.5, 0.6) is 11.5 Å². The third-order valence-corrected chi connectivity index (χ3v) is 6.90. The topological polar surface area (TPSA) is 101 Å². The number of aliphatic hydroxyl groups is 1. The summed E-state index contributed by atoms with van der Waals surface area (Å²) in [5.74, 6) is -0.703. The highest BCUT2D eigenvalue weighted by Crippen LogP contribution is 2.38. The van der Waals surface area contributed by atoms with Crippen molar-refractivity contribution < 1.29 is 28.2 Å². The molecule has 0 spiro atoms. The Bertz CT molecular complexity index is 952. The van der Waals surface area contributed by atoms with Gasteiger partial charge >= 0.3 is 5.97 Å². The van der Waals surface area contributed by atoms with Crippen LogP contribution in [-0.2, 0) is 21.1 Å². The van der Waals surface area contributed by atoms with E-state index in [1.54, 1.807) is 25.1 Å². The van der Waals surface area contributed by atoms with Gasteiger partial charge in [0.15, 0.2) is 0 Å². The number of hydrogen-bond acceptors (Lipinski definition) is 6. The van der Waals surface area contributed by atoms with E-state index in [4.69, 9.17) is 4.74 Å². The van der Waals surface area contributed by atoms with Crippen LogP contribution in [0.25, 0.3) is 0 Å². The summed E-state index contributed by atoms with van der Waals surface area (Å²) in [5, 5.41) is 20.1. The highest BCUT2D eigenvalue weighted by atomic mass is 32.2. The summed E-state index contributed by atoms with van der Waals surface area (Å²) in [6.45, 7) is 3.06. The van der Waals surface area contributed by atoms with E-state index >= 15 is 0 Å². The summed E-state index contributed by atoms with van der Waals surface area (Å²) in [6.07, 6.45) is 6.69. The number of phenolic OH excluding ortho intramolecular Hbond substituents is 1. The average molecular weight is 449 g/mol. The van der Waals surface area contributed by atoms with E-state index in [2.05, 4.69) is 0 Å². The molecule has 31 heavy (non-hydrogen) atoms. The molecule has 0 aliphatic carbocycles. The van der Waals surface area contributed by atoms with Gasteiger partial charge in [0.25, 0.3) is 0 Å². The molecule has 0 bridgehead atoms. The highest BCUT2D eigenvalue weighted by molar-refractivity contribution is 7.91. The Hall–Kier alpha value is -2.38. The predicted molar refractivity (Wildman–Crippen MR) is 119 cm³/mol. The molecule has 2 rings (SSSR count). The van der Waals surface area contributed by atoms with Crippen LogP contribution in [0, 0.1) is 0 Å². The molecule has 0 saturated heterocycles. The molecule has 170 valence electrons. The number of rotatable bonds is 12. The van der Waals surface area contributed by atoms with Crippen LogP contribution >= 0.6 is 0 Å². The summed E-state index contributed by atoms with van der Waals surface area (Å²) in [4.78, 5) is 11.4. The predicted octanol–water partition coefficient (Wildman–Crippen LogP) is 4.80. The minimum atomic E-state index is -3.90. The Morgan fingerprint density at radius 3 is 2.19 bits per heavy atom. The third kappa shape index (κ3) is 7.36. The molecule has 0 amide bonds. The smallest absolute Gasteiger partial charge is 0.308 e. The monoisotopic (exact) mass is 448 g/mol. The van der Waals surface area contributed by atoms with Crippen molar-refractivity contribution in [3.8, 4) is 11.5 Å². The van der Waals surface area contributed by atoms with E-state index in [9.17, 15) is 23.4 Å². The standard InChI is InChI=1S/C24H32O6S/c1-18(25)12-8-5-3-4-6-11-15-21-22(30-19(2)26)16-17-23(24(21)27)31(28,29)20-13-9-7-10-14-20/h7,9-10,13-14,16-18,25,27H,3-6,8,11-12,15H2,1-2H3. The Labute approximate surface area is 184 Å². The zero-order chi connectivity index (χ0) is 22.9. The van der Waals surface area contributed by atoms with E-state index in [0.717, 1.165) is 44.9 Å². The first kappa shape index (κ1) is 24.9. The van der Waals surface area contributed by atoms with Gasteiger partial charge in [-0.05, 0) is 50.5 Å². The fraction of sp³-hybridized carbons (Fsp3) is 0.458. The SMILES string of the molecule is CC(=O)Oc1ccc(S(=O)(=O)c2ccccc2)c(O)c1CCCCCCCCC(C)O. The molecule has 1 atom stereocenters. The lowest BCUT2D eigenvalue weighted by Crippen LogP contribution is -2.08. The number of ether oxygens (including phenoxy) is 1. The summed E-state index contributed by atoms with van der Waals surface area (Å²) >= 11 is 0. The minimum absolute atomic E-state index is 0.0914. The van der Waals surface area contributed by atoms with Gasteiger partial charge in [-0.25, -0.2) is 8.42 Å². The van der Waals surface area contributed by atoms with Crippen LogP contribution in [0.4, 0.5) is 0 Å². The molecule has 7 heteroatoms. The van der Waals surface area contributed by atoms with Crippen molar-refractivity contribution in [2.45, 2.75) is 81.1 Å². The van der Waals surface area contributed by atoms with Crippen LogP contribution in [0.15, 0.2) is 52.3 Å². The zero-order valence-electron chi connectivity index (χ0n) is 18.2. The van der Waals surface area contributed by atoms with Crippen molar-refractivity contribution in [3.63, 3.8) is 0 Å². The molecule has 2 aromatic carbocycles. The van der Waals surface area contributed by atoms with Crippen LogP contribution < -0.4 is 4.74 Å². The van der Waals surface area contributed by atoms with Gasteiger partial charge in [-0.15, -0.1) is 0 Å². The van der Waals surface area contributed by atoms with Crippen molar-refractivity contribution in [2.75, 3.05) is 0 Å². The Morgan fingerprint density at radius 1 is 0.968 bits per heavy atom. The van der Waals surface area contributed by atoms with Crippen molar-refractivity contribution in [3.05, 3.63) is 48.0 Å². The maximum absolute atomic E-state index is 13.0. The van der Waals surface area contributed by atoms with E-state index in [-0.39, 0.29) is 27.4 Å². The molecule has 6 nitrogen and oxygen atoms in total. The van der Waals surface area contributed by atoms with Crippen molar-refractivity contribution >= 4 is 15.8 Å². The number of sulfone groups is 1. The normalized spacial score (nSPS) is 12.5. The van der Waals surface area contributed by atoms with Gasteiger partial charge in [0.05, 0.1) is 11.0 Å². The van der Waals surface area contributed by atoms with E-state index < -0.39 is 15.8 Å². The molecule has 0 radical (unpaired) electrons. The van der Waals surface area contributed by atoms with Crippen LogP contribution in [0.1, 0.15) is 64.4 Å². The van der Waals surface area contributed by atoms with Gasteiger partial charge in [-0.2, -0.15) is 0 Å². The highest BCUT2D eigenvalue weighted by Gasteiger charge is 2.25. The molecular formula is C24H32O6S. The lowest BCUT2D eigenvalue weighted by molar-refractivity contribution is -0.131. The van der Waals surface area contributed by atoms with Gasteiger partial charge in [0, 0.05) is 12.5 Å². The van der Waals surface area contributed by atoms with Crippen molar-refractivity contribution in [1.82, 2.24) is 0 Å². The van der Waals surface area contributed by atoms with Crippen LogP contribution in [0.3, 0.4) is 0 Å². The summed E-state index contributed by atoms with van der Waals surface area (Å²) in [6, 6.07) is 10.6. The number of hydrogen-bond donors (Lipinski definition) is 2. The molecule has 0 aromatic heterocycles. The fourth-order valence-corrected chi connectivity index (χ4v) is 4.87. The average Bonchev–Trinajstić information content (AvgIpc) is 2.71. The first-order valence-corrected chi connectivity index (χ1v) is 12.2. The van der Waals surface area contributed by atoms with Gasteiger partial charge < -0.3 is 14.9 Å². The lowest BCUT2D eigenvalue weighted by Gasteiger charge is -2.15. The number of esters is 1. The molecule has 0 aliphatic rings. The maximum Gasteiger partial charge on any atom is 0.308 e. The molecule has 0 saturated carbocycles. The summed E-state index contributed by atoms with van der Waals surface area (Å²) < 4.78 is 31.2. The van der Waals surface area contributed by atoms with Gasteiger partial charge in [0.2, 0.25) is 9.84 Å². The van der Waals surface area contributed by atoms with E-state index in [0.29, 0.717) is 12.0 Å². The fourth-order valence-electron chi connectivity index (χ4n) is 3.48. The molecule has 2 N–H and O–H groups in total. The van der Waals surface area contributed by atoms with E-state index in [1.807, 2.05) is 0 Å². The molecular weight excluding hydrogens is 416 g/mol. The van der Waals surface area contributed by atoms with Gasteiger partial charge in [0.1, 0.15) is 16.4 Å². The second-order valence-corrected chi connectivity index (χ2v) is 9.73. The number of aromatic hydroxyl groups is 1. The lowest BCUT2D eigenvalue weighted by atomic mass is 10.0. The maximum atomic E-state index is 13.0. The largest absolute Gasteiger partial charge is 0.506 e. The van der Waals surface area contributed by atoms with Crippen LogP contribution in [0.2, 0.25) is 0 Å². The Balaban J connectivity index is 2.13. The number of carbonyl (C=O) groups is 1. The molecule has 1 unspecified atom stereocenters. The molecule has 0 heterocycles. The Kier molecular flexibility index (Phi) is 9.52. The number of unbranched alkanes of at least 4 members (excludes halogenated alkanes) is 5. The van der Waals surface area contributed by atoms with Gasteiger partial charge in [-0.3, -0.25) is 4.79 Å². The van der Waals surface area contributed by atoms with Crippen molar-refractivity contribution in [1.29, 1.82) is 0 Å². The zero-order valence-corrected chi connectivity index (χ0v) is 19.0. The van der Waals surface area contributed by atoms with E-state index in [1.165, 1.54) is 31.2 Å². The number of benzene rings is 2. The summed E-state index contributed by atoms with van der Waals surface area (Å²) in [7, 11) is -3.90. The second-order valence-electron chi connectivity index (χ2n) is 7.81. The van der Waals surface area contributed by atoms with Crippen LogP contribution in [-0.4, -0.2) is 30.7 Å². The van der Waals surface area contributed by atoms with Gasteiger partial charge in [-0.1, -0.05) is 50.3 Å². The Morgan fingerprint density at radius 2 is 1.58 bits per heavy atom.